The average molecular weight is 247 g/mol. The summed E-state index contributed by atoms with van der Waals surface area (Å²) in [7, 11) is 0. The third-order valence-electron chi connectivity index (χ3n) is 3.50. The van der Waals surface area contributed by atoms with Crippen LogP contribution >= 0.6 is 0 Å². The van der Waals surface area contributed by atoms with Crippen molar-refractivity contribution in [2.75, 3.05) is 13.2 Å². The second-order valence-electron chi connectivity index (χ2n) is 4.80. The second-order valence-corrected chi connectivity index (χ2v) is 4.80. The monoisotopic (exact) mass is 247 g/mol. The Morgan fingerprint density at radius 3 is 2.94 bits per heavy atom. The molecule has 1 fully saturated rings. The van der Waals surface area contributed by atoms with Gasteiger partial charge in [-0.05, 0) is 30.0 Å². The van der Waals surface area contributed by atoms with E-state index in [1.807, 2.05) is 6.07 Å². The highest BCUT2D eigenvalue weighted by Crippen LogP contribution is 2.15. The van der Waals surface area contributed by atoms with E-state index in [1.54, 1.807) is 6.20 Å². The number of aromatic nitrogens is 1. The maximum absolute atomic E-state index is 12.1. The van der Waals surface area contributed by atoms with Crippen LogP contribution < -0.4 is 10.6 Å². The molecule has 5 nitrogen and oxygen atoms in total. The zero-order chi connectivity index (χ0) is 12.4. The van der Waals surface area contributed by atoms with Gasteiger partial charge in [0.05, 0.1) is 0 Å². The Hall–Kier alpha value is -1.46. The standard InChI is InChI=1S/C13H17N3O2/c17-13(16-11-1-3-18-4-2-11)12-5-9-6-14-7-10(9)8-15-12/h5,8,11,14H,1-4,6-7H2,(H,16,17). The van der Waals surface area contributed by atoms with Crippen molar-refractivity contribution in [1.82, 2.24) is 15.6 Å². The van der Waals surface area contributed by atoms with E-state index in [0.29, 0.717) is 5.69 Å². The number of ether oxygens (including phenoxy) is 1. The van der Waals surface area contributed by atoms with E-state index in [9.17, 15) is 4.79 Å². The first-order valence-electron chi connectivity index (χ1n) is 6.40. The Labute approximate surface area is 106 Å². The third-order valence-corrected chi connectivity index (χ3v) is 3.50. The summed E-state index contributed by atoms with van der Waals surface area (Å²) >= 11 is 0. The molecule has 2 N–H and O–H groups in total. The molecule has 0 aliphatic carbocycles. The van der Waals surface area contributed by atoms with Gasteiger partial charge in [0.25, 0.3) is 5.91 Å². The number of rotatable bonds is 2. The van der Waals surface area contributed by atoms with Crippen LogP contribution in [0.4, 0.5) is 0 Å². The number of hydrogen-bond acceptors (Lipinski definition) is 4. The quantitative estimate of drug-likeness (QED) is 0.803. The fourth-order valence-electron chi connectivity index (χ4n) is 2.41. The topological polar surface area (TPSA) is 63.2 Å². The molecule has 0 spiro atoms. The molecule has 0 aromatic carbocycles. The van der Waals surface area contributed by atoms with Crippen molar-refractivity contribution >= 4 is 5.91 Å². The minimum Gasteiger partial charge on any atom is -0.381 e. The predicted molar refractivity (Wildman–Crippen MR) is 66.1 cm³/mol. The molecule has 0 unspecified atom stereocenters. The average Bonchev–Trinajstić information content (AvgIpc) is 2.87. The SMILES string of the molecule is O=C(NC1CCOCC1)c1cc2c(cn1)CNC2. The Kier molecular flexibility index (Phi) is 3.25. The second kappa shape index (κ2) is 5.04. The molecule has 5 heteroatoms. The molecule has 3 heterocycles. The Morgan fingerprint density at radius 2 is 2.11 bits per heavy atom. The van der Waals surface area contributed by atoms with E-state index in [1.165, 1.54) is 11.1 Å². The van der Waals surface area contributed by atoms with Crippen molar-refractivity contribution in [2.24, 2.45) is 0 Å². The molecule has 1 saturated heterocycles. The van der Waals surface area contributed by atoms with Gasteiger partial charge in [-0.1, -0.05) is 0 Å². The molecule has 18 heavy (non-hydrogen) atoms. The summed E-state index contributed by atoms with van der Waals surface area (Å²) in [5.74, 6) is -0.0726. The highest BCUT2D eigenvalue weighted by Gasteiger charge is 2.19. The summed E-state index contributed by atoms with van der Waals surface area (Å²) in [5.41, 5.74) is 2.89. The molecule has 0 atom stereocenters. The lowest BCUT2D eigenvalue weighted by molar-refractivity contribution is 0.0694. The van der Waals surface area contributed by atoms with Gasteiger partial charge >= 0.3 is 0 Å². The van der Waals surface area contributed by atoms with Crippen LogP contribution in [-0.4, -0.2) is 30.1 Å². The number of carbonyl (C=O) groups excluding carboxylic acids is 1. The van der Waals surface area contributed by atoms with Gasteiger partial charge in [-0.15, -0.1) is 0 Å². The molecular weight excluding hydrogens is 230 g/mol. The molecule has 3 rings (SSSR count). The van der Waals surface area contributed by atoms with Gasteiger partial charge in [0.15, 0.2) is 0 Å². The normalized spacial score (nSPS) is 19.6. The number of nitrogens with zero attached hydrogens (tertiary/aromatic N) is 1. The number of pyridine rings is 1. The molecule has 0 radical (unpaired) electrons. The summed E-state index contributed by atoms with van der Waals surface area (Å²) in [6, 6.07) is 2.11. The van der Waals surface area contributed by atoms with Gasteiger partial charge in [-0.3, -0.25) is 9.78 Å². The number of hydrogen-bond donors (Lipinski definition) is 2. The van der Waals surface area contributed by atoms with E-state index in [4.69, 9.17) is 4.74 Å². The van der Waals surface area contributed by atoms with Gasteiger partial charge in [0.2, 0.25) is 0 Å². The minimum atomic E-state index is -0.0726. The van der Waals surface area contributed by atoms with Crippen molar-refractivity contribution in [2.45, 2.75) is 32.0 Å². The van der Waals surface area contributed by atoms with Gasteiger partial charge in [-0.2, -0.15) is 0 Å². The Balaban J connectivity index is 1.68. The van der Waals surface area contributed by atoms with Crippen LogP contribution in [0.3, 0.4) is 0 Å². The molecule has 2 aliphatic rings. The van der Waals surface area contributed by atoms with Crippen LogP contribution in [-0.2, 0) is 17.8 Å². The van der Waals surface area contributed by atoms with Gasteiger partial charge in [0.1, 0.15) is 5.69 Å². The fraction of sp³-hybridized carbons (Fsp3) is 0.538. The molecule has 1 amide bonds. The van der Waals surface area contributed by atoms with Gasteiger partial charge < -0.3 is 15.4 Å². The first kappa shape index (κ1) is 11.6. The fourth-order valence-corrected chi connectivity index (χ4v) is 2.41. The van der Waals surface area contributed by atoms with Crippen molar-refractivity contribution in [3.63, 3.8) is 0 Å². The minimum absolute atomic E-state index is 0.0726. The van der Waals surface area contributed by atoms with Crippen LogP contribution in [0.5, 0.6) is 0 Å². The molecule has 0 saturated carbocycles. The lowest BCUT2D eigenvalue weighted by Crippen LogP contribution is -2.39. The van der Waals surface area contributed by atoms with Crippen molar-refractivity contribution in [1.29, 1.82) is 0 Å². The van der Waals surface area contributed by atoms with Gasteiger partial charge in [0, 0.05) is 38.5 Å². The largest absolute Gasteiger partial charge is 0.381 e. The zero-order valence-corrected chi connectivity index (χ0v) is 10.2. The molecule has 1 aromatic rings. The lowest BCUT2D eigenvalue weighted by atomic mass is 10.1. The first-order chi connectivity index (χ1) is 8.83. The number of fused-ring (bicyclic) bond motifs is 1. The maximum Gasteiger partial charge on any atom is 0.270 e. The van der Waals surface area contributed by atoms with E-state index in [-0.39, 0.29) is 11.9 Å². The number of amides is 1. The number of nitrogens with one attached hydrogen (secondary N) is 2. The highest BCUT2D eigenvalue weighted by molar-refractivity contribution is 5.92. The van der Waals surface area contributed by atoms with E-state index < -0.39 is 0 Å². The Bertz CT molecular complexity index is 456. The van der Waals surface area contributed by atoms with Gasteiger partial charge in [-0.25, -0.2) is 0 Å². The molecule has 2 aliphatic heterocycles. The smallest absolute Gasteiger partial charge is 0.270 e. The van der Waals surface area contributed by atoms with Crippen LogP contribution in [0.25, 0.3) is 0 Å². The molecule has 1 aromatic heterocycles. The third kappa shape index (κ3) is 2.37. The van der Waals surface area contributed by atoms with Crippen LogP contribution in [0.1, 0.15) is 34.5 Å². The zero-order valence-electron chi connectivity index (χ0n) is 10.2. The molecule has 0 bridgehead atoms. The lowest BCUT2D eigenvalue weighted by Gasteiger charge is -2.22. The van der Waals surface area contributed by atoms with Crippen LogP contribution in [0.2, 0.25) is 0 Å². The van der Waals surface area contributed by atoms with Crippen molar-refractivity contribution in [3.05, 3.63) is 29.1 Å². The number of carbonyl (C=O) groups is 1. The summed E-state index contributed by atoms with van der Waals surface area (Å²) in [4.78, 5) is 16.3. The van der Waals surface area contributed by atoms with Crippen molar-refractivity contribution < 1.29 is 9.53 Å². The highest BCUT2D eigenvalue weighted by atomic mass is 16.5. The maximum atomic E-state index is 12.1. The predicted octanol–water partition coefficient (Wildman–Crippen LogP) is 0.594. The van der Waals surface area contributed by atoms with E-state index >= 15 is 0 Å². The molecule has 96 valence electrons. The Morgan fingerprint density at radius 1 is 1.33 bits per heavy atom. The molecular formula is C13H17N3O2. The van der Waals surface area contributed by atoms with Crippen LogP contribution in [0.15, 0.2) is 12.3 Å². The summed E-state index contributed by atoms with van der Waals surface area (Å²) in [5, 5.41) is 6.27. The van der Waals surface area contributed by atoms with E-state index in [2.05, 4.69) is 15.6 Å². The summed E-state index contributed by atoms with van der Waals surface area (Å²) in [6.45, 7) is 3.14. The summed E-state index contributed by atoms with van der Waals surface area (Å²) < 4.78 is 5.27. The van der Waals surface area contributed by atoms with Crippen molar-refractivity contribution in [3.8, 4) is 0 Å². The van der Waals surface area contributed by atoms with E-state index in [0.717, 1.165) is 39.1 Å². The van der Waals surface area contributed by atoms with Crippen LogP contribution in [0, 0.1) is 0 Å². The summed E-state index contributed by atoms with van der Waals surface area (Å²) in [6.07, 6.45) is 3.57. The first-order valence-corrected chi connectivity index (χ1v) is 6.40.